The van der Waals surface area contributed by atoms with Gasteiger partial charge in [0.2, 0.25) is 10.0 Å². The van der Waals surface area contributed by atoms with Crippen molar-refractivity contribution >= 4 is 15.7 Å². The van der Waals surface area contributed by atoms with Crippen molar-refractivity contribution in [2.45, 2.75) is 11.3 Å². The van der Waals surface area contributed by atoms with Crippen LogP contribution in [0.15, 0.2) is 35.5 Å². The molecule has 0 bridgehead atoms. The fourth-order valence-electron chi connectivity index (χ4n) is 1.69. The quantitative estimate of drug-likeness (QED) is 0.794. The number of rotatable bonds is 5. The summed E-state index contributed by atoms with van der Waals surface area (Å²) in [5.74, 6) is 0.00756. The minimum Gasteiger partial charge on any atom is -0.396 e. The molecule has 0 saturated carbocycles. The average molecular weight is 298 g/mol. The number of nitrogens with zero attached hydrogens (tertiary/aromatic N) is 2. The van der Waals surface area contributed by atoms with Crippen LogP contribution in [0.2, 0.25) is 0 Å². The Hall–Kier alpha value is -1.93. The van der Waals surface area contributed by atoms with Gasteiger partial charge in [0.15, 0.2) is 0 Å². The maximum Gasteiger partial charge on any atom is 0.240 e. The molecule has 2 rings (SSSR count). The van der Waals surface area contributed by atoms with E-state index >= 15 is 0 Å². The monoisotopic (exact) mass is 298 g/mol. The standard InChI is InChI=1S/C12H15FN4O2S/c1-17-7-6-15-12(17)4-5-16-20(18,19)9-2-3-11(14)10(13)8-9/h2-3,6-8,16H,4-5,14H2,1H3. The van der Waals surface area contributed by atoms with E-state index in [0.717, 1.165) is 11.9 Å². The lowest BCUT2D eigenvalue weighted by Crippen LogP contribution is -2.26. The summed E-state index contributed by atoms with van der Waals surface area (Å²) in [5, 5.41) is 0. The van der Waals surface area contributed by atoms with Crippen molar-refractivity contribution in [3.63, 3.8) is 0 Å². The molecule has 0 fully saturated rings. The molecular formula is C12H15FN4O2S. The van der Waals surface area contributed by atoms with Crippen LogP contribution in [0.5, 0.6) is 0 Å². The summed E-state index contributed by atoms with van der Waals surface area (Å²) in [4.78, 5) is 3.94. The molecule has 0 aliphatic heterocycles. The van der Waals surface area contributed by atoms with Crippen LogP contribution in [-0.2, 0) is 23.5 Å². The first-order valence-electron chi connectivity index (χ1n) is 5.91. The molecule has 3 N–H and O–H groups in total. The van der Waals surface area contributed by atoms with E-state index in [1.54, 1.807) is 17.0 Å². The van der Waals surface area contributed by atoms with Crippen molar-refractivity contribution in [1.82, 2.24) is 14.3 Å². The van der Waals surface area contributed by atoms with Crippen molar-refractivity contribution in [2.24, 2.45) is 7.05 Å². The summed E-state index contributed by atoms with van der Waals surface area (Å²) in [6.45, 7) is 0.180. The second-order valence-electron chi connectivity index (χ2n) is 4.29. The average Bonchev–Trinajstić information content (AvgIpc) is 2.78. The molecular weight excluding hydrogens is 283 g/mol. The molecule has 0 aliphatic carbocycles. The van der Waals surface area contributed by atoms with Crippen molar-refractivity contribution in [3.05, 3.63) is 42.2 Å². The predicted octanol–water partition coefficient (Wildman–Crippen LogP) is 0.662. The number of hydrogen-bond acceptors (Lipinski definition) is 4. The van der Waals surface area contributed by atoms with Gasteiger partial charge in [0.05, 0.1) is 10.6 Å². The molecule has 0 amide bonds. The summed E-state index contributed by atoms with van der Waals surface area (Å²) in [7, 11) is -1.92. The molecule has 0 aliphatic rings. The Morgan fingerprint density at radius 2 is 2.20 bits per heavy atom. The van der Waals surface area contributed by atoms with Crippen LogP contribution in [0.4, 0.5) is 10.1 Å². The number of halogens is 1. The van der Waals surface area contributed by atoms with Crippen LogP contribution >= 0.6 is 0 Å². The van der Waals surface area contributed by atoms with Gasteiger partial charge >= 0.3 is 0 Å². The number of nitrogens with two attached hydrogens (primary N) is 1. The van der Waals surface area contributed by atoms with Crippen LogP contribution in [0.3, 0.4) is 0 Å². The minimum absolute atomic E-state index is 0.0861. The first-order chi connectivity index (χ1) is 9.40. The van der Waals surface area contributed by atoms with Gasteiger partial charge in [-0.3, -0.25) is 0 Å². The van der Waals surface area contributed by atoms with Crippen molar-refractivity contribution < 1.29 is 12.8 Å². The third kappa shape index (κ3) is 3.14. The van der Waals surface area contributed by atoms with E-state index in [1.807, 2.05) is 7.05 Å². The fourth-order valence-corrected chi connectivity index (χ4v) is 2.74. The van der Waals surface area contributed by atoms with Crippen LogP contribution in [0.1, 0.15) is 5.82 Å². The molecule has 1 aromatic carbocycles. The molecule has 0 atom stereocenters. The highest BCUT2D eigenvalue weighted by molar-refractivity contribution is 7.89. The van der Waals surface area contributed by atoms with Gasteiger partial charge in [-0.2, -0.15) is 0 Å². The molecule has 108 valence electrons. The fraction of sp³-hybridized carbons (Fsp3) is 0.250. The molecule has 20 heavy (non-hydrogen) atoms. The highest BCUT2D eigenvalue weighted by Gasteiger charge is 2.15. The Bertz CT molecular complexity index is 712. The van der Waals surface area contributed by atoms with Gasteiger partial charge in [0.25, 0.3) is 0 Å². The molecule has 0 radical (unpaired) electrons. The summed E-state index contributed by atoms with van der Waals surface area (Å²) in [6, 6.07) is 3.39. The van der Waals surface area contributed by atoms with Crippen LogP contribution in [0, 0.1) is 5.82 Å². The van der Waals surface area contributed by atoms with Gasteiger partial charge in [-0.1, -0.05) is 0 Å². The summed E-state index contributed by atoms with van der Waals surface area (Å²) in [5.41, 5.74) is 5.23. The minimum atomic E-state index is -3.75. The molecule has 1 heterocycles. The third-order valence-electron chi connectivity index (χ3n) is 2.84. The normalized spacial score (nSPS) is 11.7. The van der Waals surface area contributed by atoms with Gasteiger partial charge in [-0.25, -0.2) is 22.5 Å². The summed E-state index contributed by atoms with van der Waals surface area (Å²) in [6.07, 6.45) is 3.86. The Morgan fingerprint density at radius 3 is 2.80 bits per heavy atom. The molecule has 8 heteroatoms. The molecule has 0 spiro atoms. The Balaban J connectivity index is 2.04. The Labute approximate surface area is 116 Å². The van der Waals surface area contributed by atoms with Gasteiger partial charge < -0.3 is 10.3 Å². The molecule has 0 unspecified atom stereocenters. The van der Waals surface area contributed by atoms with Gasteiger partial charge in [-0.15, -0.1) is 0 Å². The number of sulfonamides is 1. The SMILES string of the molecule is Cn1ccnc1CCNS(=O)(=O)c1ccc(N)c(F)c1. The lowest BCUT2D eigenvalue weighted by atomic mass is 10.3. The number of aryl methyl sites for hydroxylation is 1. The Kier molecular flexibility index (Phi) is 4.05. The zero-order chi connectivity index (χ0) is 14.8. The lowest BCUT2D eigenvalue weighted by Gasteiger charge is -2.07. The zero-order valence-electron chi connectivity index (χ0n) is 10.9. The molecule has 6 nitrogen and oxygen atoms in total. The van der Waals surface area contributed by atoms with Crippen molar-refractivity contribution in [1.29, 1.82) is 0 Å². The van der Waals surface area contributed by atoms with E-state index in [2.05, 4.69) is 9.71 Å². The van der Waals surface area contributed by atoms with E-state index < -0.39 is 15.8 Å². The van der Waals surface area contributed by atoms with Gasteiger partial charge in [0, 0.05) is 32.4 Å². The maximum atomic E-state index is 13.3. The van der Waals surface area contributed by atoms with E-state index in [9.17, 15) is 12.8 Å². The number of hydrogen-bond donors (Lipinski definition) is 2. The number of nitrogens with one attached hydrogen (secondary N) is 1. The molecule has 1 aromatic heterocycles. The van der Waals surface area contributed by atoms with Crippen molar-refractivity contribution in [2.75, 3.05) is 12.3 Å². The first-order valence-corrected chi connectivity index (χ1v) is 7.39. The van der Waals surface area contributed by atoms with E-state index in [0.29, 0.717) is 6.42 Å². The smallest absolute Gasteiger partial charge is 0.240 e. The van der Waals surface area contributed by atoms with Crippen LogP contribution in [-0.4, -0.2) is 24.5 Å². The summed E-state index contributed by atoms with van der Waals surface area (Å²) < 4.78 is 41.4. The van der Waals surface area contributed by atoms with Gasteiger partial charge in [-0.05, 0) is 18.2 Å². The largest absolute Gasteiger partial charge is 0.396 e. The highest BCUT2D eigenvalue weighted by Crippen LogP contribution is 2.15. The number of anilines is 1. The molecule has 0 saturated heterocycles. The third-order valence-corrected chi connectivity index (χ3v) is 4.30. The number of aromatic nitrogens is 2. The number of benzene rings is 1. The van der Waals surface area contributed by atoms with Crippen molar-refractivity contribution in [3.8, 4) is 0 Å². The first kappa shape index (κ1) is 14.5. The van der Waals surface area contributed by atoms with Crippen LogP contribution < -0.4 is 10.5 Å². The second kappa shape index (κ2) is 5.59. The summed E-state index contributed by atoms with van der Waals surface area (Å²) >= 11 is 0. The van der Waals surface area contributed by atoms with Crippen LogP contribution in [0.25, 0.3) is 0 Å². The Morgan fingerprint density at radius 1 is 1.45 bits per heavy atom. The van der Waals surface area contributed by atoms with E-state index in [4.69, 9.17) is 5.73 Å². The van der Waals surface area contributed by atoms with Gasteiger partial charge in [0.1, 0.15) is 11.6 Å². The zero-order valence-corrected chi connectivity index (χ0v) is 11.7. The molecule has 2 aromatic rings. The number of imidazole rings is 1. The van der Waals surface area contributed by atoms with E-state index in [1.165, 1.54) is 12.1 Å². The van der Waals surface area contributed by atoms with E-state index in [-0.39, 0.29) is 17.1 Å². The topological polar surface area (TPSA) is 90.0 Å². The highest BCUT2D eigenvalue weighted by atomic mass is 32.2. The maximum absolute atomic E-state index is 13.3. The number of nitrogen functional groups attached to an aromatic ring is 1. The predicted molar refractivity (Wildman–Crippen MR) is 72.9 cm³/mol. The second-order valence-corrected chi connectivity index (χ2v) is 6.05. The lowest BCUT2D eigenvalue weighted by molar-refractivity contribution is 0.576.